The van der Waals surface area contributed by atoms with Crippen LogP contribution in [0.1, 0.15) is 28.8 Å². The molecule has 1 saturated heterocycles. The van der Waals surface area contributed by atoms with Crippen molar-refractivity contribution < 1.29 is 27.9 Å². The van der Waals surface area contributed by atoms with Gasteiger partial charge in [0.05, 0.1) is 24.1 Å². The van der Waals surface area contributed by atoms with Crippen molar-refractivity contribution in [1.29, 1.82) is 0 Å². The highest BCUT2D eigenvalue weighted by Crippen LogP contribution is 2.22. The molecule has 0 bridgehead atoms. The van der Waals surface area contributed by atoms with E-state index < -0.39 is 22.1 Å². The summed E-state index contributed by atoms with van der Waals surface area (Å²) in [5.74, 6) is -0.891. The Morgan fingerprint density at radius 3 is 2.57 bits per heavy atom. The van der Waals surface area contributed by atoms with Crippen LogP contribution >= 0.6 is 0 Å². The minimum absolute atomic E-state index is 0.0213. The van der Waals surface area contributed by atoms with E-state index in [-0.39, 0.29) is 23.8 Å². The van der Waals surface area contributed by atoms with Gasteiger partial charge in [-0.15, -0.1) is 0 Å². The maximum atomic E-state index is 12.1. The molecular formula is C18H27N3O6S. The van der Waals surface area contributed by atoms with Gasteiger partial charge < -0.3 is 14.7 Å². The minimum atomic E-state index is -3.17. The molecule has 0 radical (unpaired) electrons. The van der Waals surface area contributed by atoms with Crippen molar-refractivity contribution in [2.45, 2.75) is 19.8 Å². The van der Waals surface area contributed by atoms with Gasteiger partial charge in [-0.25, -0.2) is 22.7 Å². The number of para-hydroxylation sites is 1. The third kappa shape index (κ3) is 7.10. The molecule has 1 aliphatic rings. The molecule has 28 heavy (non-hydrogen) atoms. The summed E-state index contributed by atoms with van der Waals surface area (Å²) >= 11 is 0. The largest absolute Gasteiger partial charge is 0.478 e. The molecule has 0 unspecified atom stereocenters. The van der Waals surface area contributed by atoms with Crippen molar-refractivity contribution in [1.82, 2.24) is 9.62 Å². The second-order valence-electron chi connectivity index (χ2n) is 6.98. The molecule has 156 valence electrons. The van der Waals surface area contributed by atoms with Crippen LogP contribution in [0.25, 0.3) is 0 Å². The van der Waals surface area contributed by atoms with Gasteiger partial charge in [0.25, 0.3) is 0 Å². The Labute approximate surface area is 165 Å². The first kappa shape index (κ1) is 22.1. The molecule has 0 aromatic heterocycles. The Morgan fingerprint density at radius 2 is 1.96 bits per heavy atom. The fourth-order valence-corrected chi connectivity index (χ4v) is 3.57. The summed E-state index contributed by atoms with van der Waals surface area (Å²) in [6.45, 7) is 4.62. The quantitative estimate of drug-likeness (QED) is 0.590. The second kappa shape index (κ2) is 9.85. The predicted molar refractivity (Wildman–Crippen MR) is 105 cm³/mol. The van der Waals surface area contributed by atoms with Gasteiger partial charge in [0, 0.05) is 13.1 Å². The Kier molecular flexibility index (Phi) is 7.78. The van der Waals surface area contributed by atoms with Gasteiger partial charge >= 0.3 is 12.1 Å². The maximum Gasteiger partial charge on any atom is 0.411 e. The summed E-state index contributed by atoms with van der Waals surface area (Å²) in [7, 11) is -3.17. The van der Waals surface area contributed by atoms with Gasteiger partial charge in [0.15, 0.2) is 0 Å². The molecule has 1 aromatic rings. The number of anilines is 1. The van der Waals surface area contributed by atoms with Crippen molar-refractivity contribution in [3.05, 3.63) is 29.3 Å². The van der Waals surface area contributed by atoms with E-state index in [0.717, 1.165) is 32.2 Å². The van der Waals surface area contributed by atoms with E-state index in [1.807, 2.05) is 0 Å². The van der Waals surface area contributed by atoms with Crippen LogP contribution in [0, 0.1) is 12.8 Å². The van der Waals surface area contributed by atoms with Gasteiger partial charge in [-0.2, -0.15) is 0 Å². The molecule has 0 spiro atoms. The smallest absolute Gasteiger partial charge is 0.411 e. The van der Waals surface area contributed by atoms with Gasteiger partial charge in [-0.05, 0) is 50.4 Å². The van der Waals surface area contributed by atoms with E-state index >= 15 is 0 Å². The Hall–Kier alpha value is -2.17. The highest BCUT2D eigenvalue weighted by Gasteiger charge is 2.21. The number of amides is 1. The predicted octanol–water partition coefficient (Wildman–Crippen LogP) is 1.50. The summed E-state index contributed by atoms with van der Waals surface area (Å²) < 4.78 is 29.9. The topological polar surface area (TPSA) is 125 Å². The number of carbonyl (C=O) groups is 2. The van der Waals surface area contributed by atoms with Crippen LogP contribution in [0.3, 0.4) is 0 Å². The lowest BCUT2D eigenvalue weighted by Crippen LogP contribution is -2.40. The number of aromatic carboxylic acids is 1. The van der Waals surface area contributed by atoms with Crippen LogP contribution < -0.4 is 10.0 Å². The van der Waals surface area contributed by atoms with E-state index in [0.29, 0.717) is 18.7 Å². The van der Waals surface area contributed by atoms with Gasteiger partial charge in [-0.3, -0.25) is 5.32 Å². The highest BCUT2D eigenvalue weighted by molar-refractivity contribution is 7.88. The molecule has 9 nitrogen and oxygen atoms in total. The number of likely N-dealkylation sites (tertiary alicyclic amines) is 1. The van der Waals surface area contributed by atoms with Crippen molar-refractivity contribution >= 4 is 27.8 Å². The van der Waals surface area contributed by atoms with Crippen LogP contribution in [0.4, 0.5) is 10.5 Å². The first-order valence-electron chi connectivity index (χ1n) is 9.09. The maximum absolute atomic E-state index is 12.1. The minimum Gasteiger partial charge on any atom is -0.478 e. The number of ether oxygens (including phenoxy) is 1. The standard InChI is InChI=1S/C18H27N3O6S/c1-13-4-3-5-15(17(22)23)16(13)20-18(24)27-12-14-6-9-21(10-7-14)11-8-19-28(2,25)26/h3-5,14,19H,6-12H2,1-2H3,(H,20,24)(H,22,23). The lowest BCUT2D eigenvalue weighted by Gasteiger charge is -2.31. The molecule has 10 heteroatoms. The van der Waals surface area contributed by atoms with Crippen LogP contribution in [0.15, 0.2) is 18.2 Å². The Balaban J connectivity index is 1.74. The molecule has 1 heterocycles. The van der Waals surface area contributed by atoms with Crippen molar-refractivity contribution in [2.75, 3.05) is 44.4 Å². The monoisotopic (exact) mass is 413 g/mol. The first-order valence-corrected chi connectivity index (χ1v) is 11.0. The summed E-state index contributed by atoms with van der Waals surface area (Å²) in [6.07, 6.45) is 2.16. The zero-order chi connectivity index (χ0) is 20.7. The fourth-order valence-electron chi connectivity index (χ4n) is 3.11. The molecule has 0 saturated carbocycles. The Bertz CT molecular complexity index is 804. The van der Waals surface area contributed by atoms with Crippen LogP contribution in [-0.4, -0.2) is 69.5 Å². The molecule has 1 amide bonds. The number of carbonyl (C=O) groups excluding carboxylic acids is 1. The van der Waals surface area contributed by atoms with E-state index in [2.05, 4.69) is 14.9 Å². The van der Waals surface area contributed by atoms with E-state index in [9.17, 15) is 23.1 Å². The molecule has 1 fully saturated rings. The lowest BCUT2D eigenvalue weighted by molar-refractivity contribution is 0.0698. The average Bonchev–Trinajstić information content (AvgIpc) is 2.61. The van der Waals surface area contributed by atoms with Crippen LogP contribution in [-0.2, 0) is 14.8 Å². The average molecular weight is 413 g/mol. The number of hydrogen-bond donors (Lipinski definition) is 3. The number of nitrogens with one attached hydrogen (secondary N) is 2. The molecule has 0 atom stereocenters. The third-order valence-electron chi connectivity index (χ3n) is 4.68. The number of hydrogen-bond acceptors (Lipinski definition) is 6. The highest BCUT2D eigenvalue weighted by atomic mass is 32.2. The molecule has 2 rings (SSSR count). The zero-order valence-corrected chi connectivity index (χ0v) is 16.9. The first-order chi connectivity index (χ1) is 13.2. The van der Waals surface area contributed by atoms with Gasteiger partial charge in [-0.1, -0.05) is 12.1 Å². The Morgan fingerprint density at radius 1 is 1.29 bits per heavy atom. The van der Waals surface area contributed by atoms with Crippen LogP contribution in [0.5, 0.6) is 0 Å². The summed E-state index contributed by atoms with van der Waals surface area (Å²) in [4.78, 5) is 25.5. The fraction of sp³-hybridized carbons (Fsp3) is 0.556. The number of nitrogens with zero attached hydrogens (tertiary/aromatic N) is 1. The van der Waals surface area contributed by atoms with E-state index in [4.69, 9.17) is 4.74 Å². The number of rotatable bonds is 8. The molecular weight excluding hydrogens is 386 g/mol. The number of carboxylic acid groups (broad SMARTS) is 1. The number of benzene rings is 1. The van der Waals surface area contributed by atoms with Crippen molar-refractivity contribution in [3.63, 3.8) is 0 Å². The lowest BCUT2D eigenvalue weighted by atomic mass is 9.98. The zero-order valence-electron chi connectivity index (χ0n) is 16.1. The summed E-state index contributed by atoms with van der Waals surface area (Å²) in [5.41, 5.74) is 0.911. The van der Waals surface area contributed by atoms with Crippen LogP contribution in [0.2, 0.25) is 0 Å². The number of piperidine rings is 1. The number of sulfonamides is 1. The van der Waals surface area contributed by atoms with Gasteiger partial charge in [0.2, 0.25) is 10.0 Å². The third-order valence-corrected chi connectivity index (χ3v) is 5.41. The number of aryl methyl sites for hydroxylation is 1. The molecule has 3 N–H and O–H groups in total. The van der Waals surface area contributed by atoms with Crippen molar-refractivity contribution in [2.24, 2.45) is 5.92 Å². The molecule has 0 aliphatic carbocycles. The molecule has 1 aromatic carbocycles. The van der Waals surface area contributed by atoms with Gasteiger partial charge in [0.1, 0.15) is 0 Å². The normalized spacial score (nSPS) is 15.9. The molecule has 1 aliphatic heterocycles. The van der Waals surface area contributed by atoms with E-state index in [1.54, 1.807) is 19.1 Å². The summed E-state index contributed by atoms with van der Waals surface area (Å²) in [5, 5.41) is 11.8. The SMILES string of the molecule is Cc1cccc(C(=O)O)c1NC(=O)OCC1CCN(CCNS(C)(=O)=O)CC1. The second-order valence-corrected chi connectivity index (χ2v) is 8.81. The van der Waals surface area contributed by atoms with Crippen molar-refractivity contribution in [3.8, 4) is 0 Å². The number of carboxylic acids is 1. The summed E-state index contributed by atoms with van der Waals surface area (Å²) in [6, 6.07) is 4.77. The van der Waals surface area contributed by atoms with E-state index in [1.165, 1.54) is 6.07 Å².